The second-order valence-electron chi connectivity index (χ2n) is 14.1. The summed E-state index contributed by atoms with van der Waals surface area (Å²) in [5.41, 5.74) is -1.02. The summed E-state index contributed by atoms with van der Waals surface area (Å²) in [6, 6.07) is 7.18. The van der Waals surface area contributed by atoms with Crippen molar-refractivity contribution >= 4 is 23.9 Å². The van der Waals surface area contributed by atoms with Gasteiger partial charge in [-0.1, -0.05) is 90.8 Å². The number of unbranched alkanes of at least 4 members (excludes halogenated alkanes) is 1. The minimum atomic E-state index is -1.01. The zero-order chi connectivity index (χ0) is 34.0. The number of hydrogen-bond acceptors (Lipinski definition) is 6. The van der Waals surface area contributed by atoms with Crippen LogP contribution in [0.5, 0.6) is 0 Å². The molecule has 0 radical (unpaired) electrons. The van der Waals surface area contributed by atoms with E-state index in [0.717, 1.165) is 18.4 Å². The van der Waals surface area contributed by atoms with Crippen LogP contribution in [0.15, 0.2) is 42.0 Å². The Bertz CT molecular complexity index is 1150. The van der Waals surface area contributed by atoms with Gasteiger partial charge in [0.25, 0.3) is 0 Å². The molecule has 0 saturated heterocycles. The van der Waals surface area contributed by atoms with Gasteiger partial charge in [-0.05, 0) is 52.0 Å². The summed E-state index contributed by atoms with van der Waals surface area (Å²) in [4.78, 5) is 57.1. The molecule has 0 aromatic heterocycles. The molecule has 9 heteroatoms. The molecule has 0 aliphatic carbocycles. The first-order valence-corrected chi connectivity index (χ1v) is 15.6. The molecule has 3 amide bonds. The lowest BCUT2D eigenvalue weighted by molar-refractivity contribution is -0.141. The fraction of sp³-hybridized carbons (Fsp3) is 0.657. The molecule has 0 bridgehead atoms. The fourth-order valence-corrected chi connectivity index (χ4v) is 5.09. The minimum Gasteiger partial charge on any atom is -0.463 e. The number of ether oxygens (including phenoxy) is 2. The Morgan fingerprint density at radius 1 is 0.909 bits per heavy atom. The molecule has 1 rings (SSSR count). The third-order valence-electron chi connectivity index (χ3n) is 7.66. The molecule has 1 N–H and O–H groups in total. The van der Waals surface area contributed by atoms with E-state index in [1.165, 1.54) is 4.90 Å². The molecule has 0 spiro atoms. The first-order valence-electron chi connectivity index (χ1n) is 15.6. The number of benzene rings is 1. The highest BCUT2D eigenvalue weighted by molar-refractivity contribution is 5.93. The lowest BCUT2D eigenvalue weighted by Gasteiger charge is -2.42. The summed E-state index contributed by atoms with van der Waals surface area (Å²) in [6.45, 7) is 20.5. The number of amides is 3. The van der Waals surface area contributed by atoms with E-state index in [4.69, 9.17) is 9.47 Å². The highest BCUT2D eigenvalue weighted by Gasteiger charge is 2.45. The van der Waals surface area contributed by atoms with Crippen LogP contribution in [0.4, 0.5) is 4.79 Å². The molecule has 248 valence electrons. The third kappa shape index (κ3) is 11.0. The Morgan fingerprint density at radius 2 is 1.48 bits per heavy atom. The molecule has 1 aromatic carbocycles. The molecule has 3 atom stereocenters. The van der Waals surface area contributed by atoms with Crippen LogP contribution in [0.25, 0.3) is 0 Å². The van der Waals surface area contributed by atoms with Crippen molar-refractivity contribution in [2.45, 2.75) is 125 Å². The fourth-order valence-electron chi connectivity index (χ4n) is 5.09. The number of nitrogens with zero attached hydrogens (tertiary/aromatic N) is 2. The molecule has 44 heavy (non-hydrogen) atoms. The van der Waals surface area contributed by atoms with Crippen molar-refractivity contribution in [1.29, 1.82) is 0 Å². The summed E-state index contributed by atoms with van der Waals surface area (Å²) in [6.07, 6.45) is 3.53. The van der Waals surface area contributed by atoms with Gasteiger partial charge in [-0.25, -0.2) is 9.59 Å². The van der Waals surface area contributed by atoms with E-state index in [9.17, 15) is 19.2 Å². The summed E-state index contributed by atoms with van der Waals surface area (Å²) in [5, 5.41) is 3.03. The average Bonchev–Trinajstić information content (AvgIpc) is 2.92. The summed E-state index contributed by atoms with van der Waals surface area (Å²) in [5.74, 6) is -1.19. The van der Waals surface area contributed by atoms with E-state index in [2.05, 4.69) is 12.2 Å². The number of esters is 1. The van der Waals surface area contributed by atoms with Crippen molar-refractivity contribution in [1.82, 2.24) is 15.1 Å². The molecule has 1 aromatic rings. The molecular weight excluding hydrogens is 558 g/mol. The van der Waals surface area contributed by atoms with Gasteiger partial charge in [0.2, 0.25) is 11.8 Å². The molecule has 0 saturated carbocycles. The quantitative estimate of drug-likeness (QED) is 0.208. The van der Waals surface area contributed by atoms with Gasteiger partial charge in [0.05, 0.1) is 12.6 Å². The maximum atomic E-state index is 14.3. The van der Waals surface area contributed by atoms with Crippen LogP contribution >= 0.6 is 0 Å². The van der Waals surface area contributed by atoms with Crippen molar-refractivity contribution in [3.05, 3.63) is 47.5 Å². The first kappa shape index (κ1) is 38.7. The number of rotatable bonds is 13. The van der Waals surface area contributed by atoms with E-state index < -0.39 is 46.5 Å². The van der Waals surface area contributed by atoms with Gasteiger partial charge in [-0.2, -0.15) is 0 Å². The Labute approximate surface area is 265 Å². The number of carbonyl (C=O) groups excluding carboxylic acids is 4. The normalized spacial score (nSPS) is 14.6. The van der Waals surface area contributed by atoms with Crippen molar-refractivity contribution in [2.75, 3.05) is 20.7 Å². The average molecular weight is 616 g/mol. The van der Waals surface area contributed by atoms with Crippen LogP contribution in [0.2, 0.25) is 0 Å². The van der Waals surface area contributed by atoms with Crippen molar-refractivity contribution in [3.63, 3.8) is 0 Å². The molecule has 9 nitrogen and oxygen atoms in total. The lowest BCUT2D eigenvalue weighted by atomic mass is 9.76. The van der Waals surface area contributed by atoms with E-state index >= 15 is 0 Å². The van der Waals surface area contributed by atoms with Gasteiger partial charge < -0.3 is 19.7 Å². The monoisotopic (exact) mass is 615 g/mol. The molecule has 0 fully saturated rings. The number of nitrogens with one attached hydrogen (secondary N) is 1. The summed E-state index contributed by atoms with van der Waals surface area (Å²) >= 11 is 0. The topological polar surface area (TPSA) is 105 Å². The van der Waals surface area contributed by atoms with Gasteiger partial charge in [0.1, 0.15) is 17.7 Å². The third-order valence-corrected chi connectivity index (χ3v) is 7.66. The second-order valence-corrected chi connectivity index (χ2v) is 14.1. The van der Waals surface area contributed by atoms with Crippen molar-refractivity contribution in [3.8, 4) is 0 Å². The standard InChI is InChI=1S/C35H57N3O6/c1-14-16-22-26(23-24(3)31(41)43-15-2)37(12)30(40)27(33(4,5)6)36-29(39)28(38(13)32(42)44-34(7,8)9)35(10,11)25-20-18-17-19-21-25/h17-21,23,26-28H,14-16,22H2,1-13H3,(H,36,39)/b24-23+/t26-,27+,28+/m0/s1. The Hall–Kier alpha value is -3.36. The zero-order valence-corrected chi connectivity index (χ0v) is 29.4. The second kappa shape index (κ2) is 16.1. The van der Waals surface area contributed by atoms with Crippen LogP contribution in [-0.2, 0) is 29.3 Å². The van der Waals surface area contributed by atoms with Crippen LogP contribution in [0, 0.1) is 5.41 Å². The van der Waals surface area contributed by atoms with Gasteiger partial charge in [-0.15, -0.1) is 0 Å². The number of likely N-dealkylation sites (N-methyl/N-ethyl adjacent to an activating group) is 2. The van der Waals surface area contributed by atoms with Gasteiger partial charge in [0.15, 0.2) is 0 Å². The molecule has 0 heterocycles. The zero-order valence-electron chi connectivity index (χ0n) is 29.4. The van der Waals surface area contributed by atoms with Crippen molar-refractivity contribution in [2.24, 2.45) is 5.41 Å². The van der Waals surface area contributed by atoms with Crippen LogP contribution < -0.4 is 5.32 Å². The van der Waals surface area contributed by atoms with Crippen LogP contribution in [0.1, 0.15) is 101 Å². The van der Waals surface area contributed by atoms with Crippen LogP contribution in [0.3, 0.4) is 0 Å². The molecule has 0 aliphatic rings. The Balaban J connectivity index is 3.57. The lowest BCUT2D eigenvalue weighted by Crippen LogP contribution is -2.63. The highest BCUT2D eigenvalue weighted by atomic mass is 16.6. The van der Waals surface area contributed by atoms with Crippen molar-refractivity contribution < 1.29 is 28.7 Å². The molecule has 0 aliphatic heterocycles. The van der Waals surface area contributed by atoms with Gasteiger partial charge >= 0.3 is 12.1 Å². The Kier molecular flexibility index (Phi) is 14.1. The molecular formula is C35H57N3O6. The van der Waals surface area contributed by atoms with E-state index in [1.54, 1.807) is 59.7 Å². The minimum absolute atomic E-state index is 0.259. The highest BCUT2D eigenvalue weighted by Crippen LogP contribution is 2.32. The summed E-state index contributed by atoms with van der Waals surface area (Å²) in [7, 11) is 3.24. The largest absolute Gasteiger partial charge is 0.463 e. The van der Waals surface area contributed by atoms with Gasteiger partial charge in [-0.3, -0.25) is 14.5 Å². The summed E-state index contributed by atoms with van der Waals surface area (Å²) < 4.78 is 10.8. The van der Waals surface area contributed by atoms with E-state index in [-0.39, 0.29) is 18.6 Å². The maximum absolute atomic E-state index is 14.3. The smallest absolute Gasteiger partial charge is 0.410 e. The SMILES string of the molecule is CCCC[C@@H](/C=C(\C)C(=O)OCC)N(C)C(=O)[C@@H](NC(=O)[C@@H](N(C)C(=O)OC(C)(C)C)C(C)(C)c1ccccc1)C(C)(C)C. The van der Waals surface area contributed by atoms with Gasteiger partial charge in [0, 0.05) is 25.1 Å². The first-order chi connectivity index (χ1) is 20.2. The molecule has 0 unspecified atom stereocenters. The number of carbonyl (C=O) groups is 4. The van der Waals surface area contributed by atoms with Crippen LogP contribution in [-0.4, -0.2) is 78.1 Å². The Morgan fingerprint density at radius 3 is 1.95 bits per heavy atom. The predicted molar refractivity (Wildman–Crippen MR) is 175 cm³/mol. The van der Waals surface area contributed by atoms with E-state index in [0.29, 0.717) is 12.0 Å². The predicted octanol–water partition coefficient (Wildman–Crippen LogP) is 6.26. The number of hydrogen-bond donors (Lipinski definition) is 1. The van der Waals surface area contributed by atoms with E-state index in [1.807, 2.05) is 65.0 Å². The maximum Gasteiger partial charge on any atom is 0.410 e.